The molecule has 2 aromatic carbocycles. The number of hydrogen-bond acceptors (Lipinski definition) is 14. The number of benzene rings is 2. The minimum Gasteiger partial charge on any atom is -0.507 e. The summed E-state index contributed by atoms with van der Waals surface area (Å²) in [5.74, 6) is -2.45. The van der Waals surface area contributed by atoms with E-state index < -0.39 is 83.4 Å². The molecule has 2 aliphatic heterocycles. The fourth-order valence-corrected chi connectivity index (χ4v) is 5.12. The Kier molecular flexibility index (Phi) is 7.89. The van der Waals surface area contributed by atoms with E-state index in [9.17, 15) is 45.3 Å². The molecule has 14 nitrogen and oxygen atoms in total. The van der Waals surface area contributed by atoms with Crippen molar-refractivity contribution in [3.8, 4) is 34.3 Å². The third-order valence-corrected chi connectivity index (χ3v) is 7.50. The SMILES string of the molecule is COc1ccc(-c2cc(=O)c3c(O)c([C@@H]4O[C@@H](C)[C@H](O)C(=O)[C@H]4O[C@@H]4O[C@@H](C)[C@H](O)[C@@H](O)[C@@H]4O)c(O)cc3o2)cc1O. The number of Topliss-reactive ketones (excluding diaryl/α,β-unsaturated/α-hetero) is 1. The second kappa shape index (κ2) is 11.1. The predicted molar refractivity (Wildman–Crippen MR) is 141 cm³/mol. The van der Waals surface area contributed by atoms with Crippen molar-refractivity contribution in [1.82, 2.24) is 0 Å². The Bertz CT molecular complexity index is 1570. The lowest BCUT2D eigenvalue weighted by molar-refractivity contribution is -0.314. The van der Waals surface area contributed by atoms with Crippen molar-refractivity contribution in [2.45, 2.75) is 69.0 Å². The Morgan fingerprint density at radius 2 is 1.55 bits per heavy atom. The lowest BCUT2D eigenvalue weighted by atomic mass is 9.90. The molecule has 3 aromatic rings. The van der Waals surface area contributed by atoms with Crippen LogP contribution in [0.15, 0.2) is 39.5 Å². The Morgan fingerprint density at radius 1 is 0.833 bits per heavy atom. The molecule has 2 saturated heterocycles. The van der Waals surface area contributed by atoms with E-state index in [-0.39, 0.29) is 28.2 Å². The van der Waals surface area contributed by atoms with Crippen LogP contribution in [0, 0.1) is 0 Å². The molecular formula is C28H30O14. The maximum Gasteiger partial charge on any atom is 0.197 e. The van der Waals surface area contributed by atoms with E-state index in [1.54, 1.807) is 0 Å². The lowest BCUT2D eigenvalue weighted by Crippen LogP contribution is -2.60. The number of hydrogen-bond donors (Lipinski definition) is 7. The molecule has 0 radical (unpaired) electrons. The Labute approximate surface area is 237 Å². The van der Waals surface area contributed by atoms with Gasteiger partial charge in [-0.3, -0.25) is 9.59 Å². The number of phenols is 3. The van der Waals surface area contributed by atoms with Gasteiger partial charge in [0.25, 0.3) is 0 Å². The maximum atomic E-state index is 13.2. The van der Waals surface area contributed by atoms with E-state index in [4.69, 9.17) is 23.4 Å². The molecule has 0 unspecified atom stereocenters. The van der Waals surface area contributed by atoms with Crippen LogP contribution in [0.5, 0.6) is 23.0 Å². The minimum absolute atomic E-state index is 0.00245. The standard InChI is InChI=1S/C28H30O14/c1-9-21(33)24(36)27(42-28-25(37)23(35)20(32)10(2)40-28)26(39-9)19-14(31)8-17-18(22(19)34)13(30)7-16(41-17)11-4-5-15(38-3)12(29)6-11/h4-10,20-21,23,25-29,31-35,37H,1-3H3/t9-,10-,20-,21-,23+,25-,26-,27+,28-/m0/s1. The van der Waals surface area contributed by atoms with E-state index in [2.05, 4.69) is 0 Å². The van der Waals surface area contributed by atoms with Gasteiger partial charge in [0.2, 0.25) is 0 Å². The zero-order valence-corrected chi connectivity index (χ0v) is 22.6. The molecule has 9 atom stereocenters. The van der Waals surface area contributed by atoms with Crippen LogP contribution in [0.4, 0.5) is 0 Å². The highest BCUT2D eigenvalue weighted by Crippen LogP contribution is 2.45. The zero-order valence-electron chi connectivity index (χ0n) is 22.6. The number of phenolic OH excluding ortho intramolecular Hbond substituents is 3. The number of aromatic hydroxyl groups is 3. The molecule has 0 aliphatic carbocycles. The molecule has 0 spiro atoms. The average Bonchev–Trinajstić information content (AvgIpc) is 2.94. The van der Waals surface area contributed by atoms with E-state index in [1.165, 1.54) is 39.2 Å². The van der Waals surface area contributed by atoms with Crippen molar-refractivity contribution in [3.63, 3.8) is 0 Å². The van der Waals surface area contributed by atoms with Crippen molar-refractivity contribution < 1.29 is 63.9 Å². The van der Waals surface area contributed by atoms with Gasteiger partial charge in [-0.2, -0.15) is 0 Å². The first-order chi connectivity index (χ1) is 19.8. The quantitative estimate of drug-likeness (QED) is 0.211. The van der Waals surface area contributed by atoms with Gasteiger partial charge >= 0.3 is 0 Å². The summed E-state index contributed by atoms with van der Waals surface area (Å²) in [7, 11) is 1.37. The summed E-state index contributed by atoms with van der Waals surface area (Å²) in [5.41, 5.74) is -1.14. The molecule has 2 aliphatic rings. The number of ketones is 1. The van der Waals surface area contributed by atoms with Crippen molar-refractivity contribution in [3.05, 3.63) is 46.1 Å². The molecular weight excluding hydrogens is 560 g/mol. The van der Waals surface area contributed by atoms with E-state index >= 15 is 0 Å². The van der Waals surface area contributed by atoms with Gasteiger partial charge in [-0.25, -0.2) is 0 Å². The van der Waals surface area contributed by atoms with Crippen LogP contribution in [0.25, 0.3) is 22.3 Å². The van der Waals surface area contributed by atoms with Gasteiger partial charge in [0.1, 0.15) is 58.7 Å². The molecule has 226 valence electrons. The number of aliphatic hydroxyl groups is 4. The molecule has 0 amide bonds. The van der Waals surface area contributed by atoms with Gasteiger partial charge < -0.3 is 59.1 Å². The van der Waals surface area contributed by atoms with Gasteiger partial charge in [-0.1, -0.05) is 0 Å². The van der Waals surface area contributed by atoms with Crippen LogP contribution < -0.4 is 10.2 Å². The molecule has 3 heterocycles. The fraction of sp³-hybridized carbons (Fsp3) is 0.429. The molecule has 0 saturated carbocycles. The lowest BCUT2D eigenvalue weighted by Gasteiger charge is -2.43. The summed E-state index contributed by atoms with van der Waals surface area (Å²) in [6.07, 6.45) is -14.0. The fourth-order valence-electron chi connectivity index (χ4n) is 5.12. The van der Waals surface area contributed by atoms with Crippen LogP contribution in [-0.2, 0) is 19.0 Å². The van der Waals surface area contributed by atoms with Crippen molar-refractivity contribution in [2.24, 2.45) is 0 Å². The third kappa shape index (κ3) is 4.96. The smallest absolute Gasteiger partial charge is 0.197 e. The normalized spacial score (nSPS) is 31.8. The van der Waals surface area contributed by atoms with Gasteiger partial charge in [0.15, 0.2) is 35.1 Å². The number of ether oxygens (including phenoxy) is 4. The molecule has 2 fully saturated rings. The number of aliphatic hydroxyl groups excluding tert-OH is 4. The molecule has 14 heteroatoms. The molecule has 42 heavy (non-hydrogen) atoms. The van der Waals surface area contributed by atoms with Gasteiger partial charge in [0, 0.05) is 17.7 Å². The number of fused-ring (bicyclic) bond motifs is 1. The molecule has 0 bridgehead atoms. The Balaban J connectivity index is 1.58. The predicted octanol–water partition coefficient (Wildman–Crippen LogP) is 0.188. The largest absolute Gasteiger partial charge is 0.507 e. The number of rotatable bonds is 5. The highest BCUT2D eigenvalue weighted by atomic mass is 16.7. The summed E-state index contributed by atoms with van der Waals surface area (Å²) in [5, 5.41) is 73.0. The van der Waals surface area contributed by atoms with Crippen LogP contribution in [0.2, 0.25) is 0 Å². The van der Waals surface area contributed by atoms with Gasteiger partial charge in [0.05, 0.1) is 24.9 Å². The van der Waals surface area contributed by atoms with Crippen molar-refractivity contribution in [1.29, 1.82) is 0 Å². The topological polar surface area (TPSA) is 226 Å². The first-order valence-corrected chi connectivity index (χ1v) is 13.0. The van der Waals surface area contributed by atoms with Crippen LogP contribution >= 0.6 is 0 Å². The van der Waals surface area contributed by atoms with Gasteiger partial charge in [-0.15, -0.1) is 0 Å². The second-order valence-electron chi connectivity index (χ2n) is 10.2. The van der Waals surface area contributed by atoms with Crippen molar-refractivity contribution in [2.75, 3.05) is 7.11 Å². The van der Waals surface area contributed by atoms with Gasteiger partial charge in [-0.05, 0) is 32.0 Å². The highest BCUT2D eigenvalue weighted by Gasteiger charge is 2.50. The monoisotopic (exact) mass is 590 g/mol. The first-order valence-electron chi connectivity index (χ1n) is 13.0. The Morgan fingerprint density at radius 3 is 2.21 bits per heavy atom. The number of carbonyl (C=O) groups is 1. The summed E-state index contributed by atoms with van der Waals surface area (Å²) >= 11 is 0. The van der Waals surface area contributed by atoms with Crippen LogP contribution in [0.1, 0.15) is 25.5 Å². The summed E-state index contributed by atoms with van der Waals surface area (Å²) in [6, 6.07) is 6.34. The summed E-state index contributed by atoms with van der Waals surface area (Å²) in [6.45, 7) is 2.76. The van der Waals surface area contributed by atoms with E-state index in [1.807, 2.05) is 0 Å². The number of methoxy groups -OCH3 is 1. The highest BCUT2D eigenvalue weighted by molar-refractivity contribution is 5.92. The van der Waals surface area contributed by atoms with Crippen LogP contribution in [0.3, 0.4) is 0 Å². The Hall–Kier alpha value is -3.76. The zero-order chi connectivity index (χ0) is 30.6. The molecule has 5 rings (SSSR count). The second-order valence-corrected chi connectivity index (χ2v) is 10.2. The minimum atomic E-state index is -1.82. The first kappa shape index (κ1) is 29.7. The number of carbonyl (C=O) groups excluding carboxylic acids is 1. The third-order valence-electron chi connectivity index (χ3n) is 7.50. The molecule has 7 N–H and O–H groups in total. The average molecular weight is 591 g/mol. The van der Waals surface area contributed by atoms with Crippen molar-refractivity contribution >= 4 is 16.8 Å². The molecule has 1 aromatic heterocycles. The maximum absolute atomic E-state index is 13.2. The van der Waals surface area contributed by atoms with Crippen LogP contribution in [-0.4, -0.2) is 97.7 Å². The summed E-state index contributed by atoms with van der Waals surface area (Å²) in [4.78, 5) is 26.4. The van der Waals surface area contributed by atoms with E-state index in [0.717, 1.165) is 12.1 Å². The van der Waals surface area contributed by atoms with E-state index in [0.29, 0.717) is 5.56 Å². The summed E-state index contributed by atoms with van der Waals surface area (Å²) < 4.78 is 27.6.